The van der Waals surface area contributed by atoms with E-state index in [-0.39, 0.29) is 5.91 Å². The number of nitrogens with zero attached hydrogens (tertiary/aromatic N) is 3. The van der Waals surface area contributed by atoms with E-state index in [1.165, 1.54) is 32.4 Å². The molecule has 0 bridgehead atoms. The van der Waals surface area contributed by atoms with E-state index in [1.807, 2.05) is 37.3 Å². The number of likely N-dealkylation sites (tertiary alicyclic amines) is 1. The number of aliphatic imine (C=N–C) groups is 1. The van der Waals surface area contributed by atoms with Crippen molar-refractivity contribution >= 4 is 28.8 Å². The molecule has 3 aromatic rings. The normalized spacial score (nSPS) is 16.0. The van der Waals surface area contributed by atoms with Crippen LogP contribution in [0.1, 0.15) is 45.8 Å². The number of amidine groups is 1. The zero-order valence-electron chi connectivity index (χ0n) is 18.2. The van der Waals surface area contributed by atoms with Gasteiger partial charge in [0.2, 0.25) is 5.89 Å². The number of rotatable bonds is 6. The van der Waals surface area contributed by atoms with Crippen LogP contribution in [0.5, 0.6) is 0 Å². The Morgan fingerprint density at radius 2 is 2.00 bits per heavy atom. The summed E-state index contributed by atoms with van der Waals surface area (Å²) in [6.45, 7) is 6.81. The van der Waals surface area contributed by atoms with E-state index in [2.05, 4.69) is 25.5 Å². The predicted molar refractivity (Wildman–Crippen MR) is 127 cm³/mol. The number of carbonyl (C=O) groups excluding carboxylic acids is 1. The van der Waals surface area contributed by atoms with Crippen LogP contribution in [0.4, 0.5) is 5.69 Å². The Hall–Kier alpha value is -2.97. The maximum Gasteiger partial charge on any atom is 0.256 e. The zero-order valence-corrected chi connectivity index (χ0v) is 19.0. The first-order valence-corrected chi connectivity index (χ1v) is 12.0. The maximum atomic E-state index is 12.8. The number of aryl methyl sites for hydroxylation is 1. The summed E-state index contributed by atoms with van der Waals surface area (Å²) in [6, 6.07) is 9.66. The van der Waals surface area contributed by atoms with Crippen molar-refractivity contribution in [3.63, 3.8) is 0 Å². The van der Waals surface area contributed by atoms with Gasteiger partial charge in [-0.25, -0.2) is 4.98 Å². The van der Waals surface area contributed by atoms with Gasteiger partial charge in [0.25, 0.3) is 5.91 Å². The summed E-state index contributed by atoms with van der Waals surface area (Å²) < 4.78 is 5.63. The molecule has 2 N–H and O–H groups in total. The van der Waals surface area contributed by atoms with E-state index >= 15 is 0 Å². The second-order valence-electron chi connectivity index (χ2n) is 8.27. The topological polar surface area (TPSA) is 82.8 Å². The Bertz CT molecular complexity index is 1130. The average molecular weight is 450 g/mol. The molecule has 2 aliphatic rings. The fourth-order valence-corrected chi connectivity index (χ4v) is 5.18. The average Bonchev–Trinajstić information content (AvgIpc) is 3.52. The van der Waals surface area contributed by atoms with Gasteiger partial charge in [-0.05, 0) is 68.8 Å². The van der Waals surface area contributed by atoms with E-state index in [9.17, 15) is 4.79 Å². The van der Waals surface area contributed by atoms with E-state index in [0.717, 1.165) is 39.9 Å². The van der Waals surface area contributed by atoms with Crippen molar-refractivity contribution in [2.24, 2.45) is 4.99 Å². The minimum Gasteiger partial charge on any atom is -0.441 e. The fraction of sp³-hybridized carbons (Fsp3) is 0.375. The molecule has 0 unspecified atom stereocenters. The van der Waals surface area contributed by atoms with Gasteiger partial charge < -0.3 is 20.0 Å². The summed E-state index contributed by atoms with van der Waals surface area (Å²) in [5, 5.41) is 6.42. The van der Waals surface area contributed by atoms with Gasteiger partial charge in [0.05, 0.1) is 22.5 Å². The number of piperidine rings is 1. The minimum absolute atomic E-state index is 0.154. The highest BCUT2D eigenvalue weighted by Gasteiger charge is 2.23. The number of amides is 1. The number of oxazole rings is 1. The monoisotopic (exact) mass is 449 g/mol. The molecule has 1 aromatic carbocycles. The van der Waals surface area contributed by atoms with E-state index in [0.29, 0.717) is 23.8 Å². The molecule has 0 atom stereocenters. The first kappa shape index (κ1) is 20.9. The Morgan fingerprint density at radius 3 is 2.75 bits per heavy atom. The molecule has 0 spiro atoms. The molecule has 8 heteroatoms. The molecule has 4 heterocycles. The van der Waals surface area contributed by atoms with Crippen molar-refractivity contribution in [1.82, 2.24) is 15.2 Å². The Labute approximate surface area is 191 Å². The molecule has 0 radical (unpaired) electrons. The second kappa shape index (κ2) is 9.26. The maximum absolute atomic E-state index is 12.8. The molecular formula is C24H27N5O2S. The largest absolute Gasteiger partial charge is 0.441 e. The van der Waals surface area contributed by atoms with Gasteiger partial charge in [-0.2, -0.15) is 0 Å². The van der Waals surface area contributed by atoms with E-state index < -0.39 is 0 Å². The van der Waals surface area contributed by atoms with Crippen LogP contribution in [0.15, 0.2) is 45.9 Å². The molecule has 166 valence electrons. The van der Waals surface area contributed by atoms with Gasteiger partial charge in [-0.15, -0.1) is 11.3 Å². The number of thiophene rings is 1. The molecule has 1 saturated heterocycles. The first-order chi connectivity index (χ1) is 15.7. The molecule has 2 aromatic heterocycles. The third-order valence-electron chi connectivity index (χ3n) is 5.85. The van der Waals surface area contributed by atoms with Gasteiger partial charge in [-0.3, -0.25) is 9.79 Å². The quantitative estimate of drug-likeness (QED) is 0.586. The molecule has 1 fully saturated rings. The molecule has 32 heavy (non-hydrogen) atoms. The molecule has 1 amide bonds. The van der Waals surface area contributed by atoms with Crippen LogP contribution in [0.3, 0.4) is 0 Å². The number of aromatic nitrogens is 1. The van der Waals surface area contributed by atoms with Crippen molar-refractivity contribution < 1.29 is 9.21 Å². The van der Waals surface area contributed by atoms with Crippen LogP contribution >= 0.6 is 11.3 Å². The van der Waals surface area contributed by atoms with Crippen LogP contribution in [0.25, 0.3) is 10.8 Å². The lowest BCUT2D eigenvalue weighted by molar-refractivity contribution is 0.0977. The van der Waals surface area contributed by atoms with Crippen molar-refractivity contribution in [2.75, 3.05) is 31.5 Å². The SMILES string of the molecule is Cc1cnc(-c2cc3c(s2)C(NC(=O)c2ccc(NCCN4CCCCC4)cc2)=NC3)o1. The number of nitrogens with one attached hydrogen (secondary N) is 2. The van der Waals surface area contributed by atoms with Crippen molar-refractivity contribution in [3.05, 3.63) is 58.3 Å². The fourth-order valence-electron chi connectivity index (χ4n) is 4.11. The Morgan fingerprint density at radius 1 is 1.19 bits per heavy atom. The van der Waals surface area contributed by atoms with Crippen molar-refractivity contribution in [3.8, 4) is 10.8 Å². The standard InChI is InChI=1S/C24H27N5O2S/c1-16-14-27-24(31-16)20-13-18-15-26-22(21(18)32-20)28-23(30)17-5-7-19(8-6-17)25-9-12-29-10-3-2-4-11-29/h5-8,13-14,25H,2-4,9-12,15H2,1H3,(H,26,28,30). The predicted octanol–water partition coefficient (Wildman–Crippen LogP) is 4.30. The summed E-state index contributed by atoms with van der Waals surface area (Å²) in [5.74, 6) is 1.85. The van der Waals surface area contributed by atoms with Crippen LogP contribution in [-0.2, 0) is 6.54 Å². The number of fused-ring (bicyclic) bond motifs is 1. The van der Waals surface area contributed by atoms with Gasteiger partial charge in [0, 0.05) is 24.3 Å². The molecule has 0 aliphatic carbocycles. The van der Waals surface area contributed by atoms with Gasteiger partial charge in [0.1, 0.15) is 11.6 Å². The van der Waals surface area contributed by atoms with Crippen LogP contribution < -0.4 is 10.6 Å². The highest BCUT2D eigenvalue weighted by molar-refractivity contribution is 7.17. The van der Waals surface area contributed by atoms with Crippen LogP contribution in [0.2, 0.25) is 0 Å². The lowest BCUT2D eigenvalue weighted by Gasteiger charge is -2.26. The highest BCUT2D eigenvalue weighted by Crippen LogP contribution is 2.34. The molecule has 0 saturated carbocycles. The van der Waals surface area contributed by atoms with Crippen LogP contribution in [-0.4, -0.2) is 47.8 Å². The molecule has 7 nitrogen and oxygen atoms in total. The van der Waals surface area contributed by atoms with Gasteiger partial charge >= 0.3 is 0 Å². The molecule has 2 aliphatic heterocycles. The number of benzene rings is 1. The first-order valence-electron chi connectivity index (χ1n) is 11.1. The summed E-state index contributed by atoms with van der Waals surface area (Å²) in [5.41, 5.74) is 2.73. The van der Waals surface area contributed by atoms with Gasteiger partial charge in [0.15, 0.2) is 0 Å². The smallest absolute Gasteiger partial charge is 0.256 e. The number of carbonyl (C=O) groups is 1. The summed E-state index contributed by atoms with van der Waals surface area (Å²) in [7, 11) is 0. The molecular weight excluding hydrogens is 422 g/mol. The Balaban J connectivity index is 1.17. The number of anilines is 1. The highest BCUT2D eigenvalue weighted by atomic mass is 32.1. The number of hydrogen-bond donors (Lipinski definition) is 2. The van der Waals surface area contributed by atoms with Gasteiger partial charge in [-0.1, -0.05) is 6.42 Å². The summed E-state index contributed by atoms with van der Waals surface area (Å²) >= 11 is 1.54. The van der Waals surface area contributed by atoms with Crippen LogP contribution in [0, 0.1) is 6.92 Å². The minimum atomic E-state index is -0.154. The van der Waals surface area contributed by atoms with Crippen molar-refractivity contribution in [2.45, 2.75) is 32.7 Å². The second-order valence-corrected chi connectivity index (χ2v) is 9.32. The lowest BCUT2D eigenvalue weighted by Crippen LogP contribution is -2.33. The number of hydrogen-bond acceptors (Lipinski definition) is 7. The van der Waals surface area contributed by atoms with Crippen molar-refractivity contribution in [1.29, 1.82) is 0 Å². The third kappa shape index (κ3) is 4.61. The van der Waals surface area contributed by atoms with E-state index in [4.69, 9.17) is 4.42 Å². The summed E-state index contributed by atoms with van der Waals surface area (Å²) in [6.07, 6.45) is 5.68. The zero-order chi connectivity index (χ0) is 21.9. The Kier molecular flexibility index (Phi) is 6.05. The lowest BCUT2D eigenvalue weighted by atomic mass is 10.1. The van der Waals surface area contributed by atoms with E-state index in [1.54, 1.807) is 17.5 Å². The summed E-state index contributed by atoms with van der Waals surface area (Å²) in [4.78, 5) is 26.0. The molecule has 5 rings (SSSR count). The third-order valence-corrected chi connectivity index (χ3v) is 7.02.